The maximum atomic E-state index is 13.3. The van der Waals surface area contributed by atoms with E-state index in [2.05, 4.69) is 45.3 Å². The standard InChI is InChI=1S/C30H41N5O4/c1-8-39-25-13-9-22(10-14-25)31-29(37)34(18-17-21(2)3)20-28(36)32-27-19-26(30(4,5)6)33-35(27)23-11-15-24(38-7)16-12-23/h9-16,19,21H,8,17-18,20H2,1-7H3,(H,31,37)(H,32,36). The highest BCUT2D eigenvalue weighted by molar-refractivity contribution is 5.96. The Morgan fingerprint density at radius 1 is 1.00 bits per heavy atom. The molecule has 0 bridgehead atoms. The predicted octanol–water partition coefficient (Wildman–Crippen LogP) is 6.10. The van der Waals surface area contributed by atoms with Crippen LogP contribution in [0.25, 0.3) is 5.69 Å². The first-order chi connectivity index (χ1) is 18.5. The smallest absolute Gasteiger partial charge is 0.322 e. The molecule has 0 saturated carbocycles. The zero-order chi connectivity index (χ0) is 28.6. The lowest BCUT2D eigenvalue weighted by atomic mass is 9.92. The number of amides is 3. The molecule has 0 fully saturated rings. The van der Waals surface area contributed by atoms with E-state index in [0.717, 1.165) is 29.3 Å². The van der Waals surface area contributed by atoms with Gasteiger partial charge in [-0.15, -0.1) is 0 Å². The molecule has 3 aromatic rings. The average molecular weight is 536 g/mol. The van der Waals surface area contributed by atoms with Crippen LogP contribution in [0.5, 0.6) is 11.5 Å². The van der Waals surface area contributed by atoms with E-state index in [0.29, 0.717) is 30.6 Å². The summed E-state index contributed by atoms with van der Waals surface area (Å²) in [6.45, 7) is 13.2. The Balaban J connectivity index is 1.79. The summed E-state index contributed by atoms with van der Waals surface area (Å²) >= 11 is 0. The van der Waals surface area contributed by atoms with Crippen LogP contribution in [0.4, 0.5) is 16.3 Å². The largest absolute Gasteiger partial charge is 0.497 e. The minimum atomic E-state index is -0.339. The lowest BCUT2D eigenvalue weighted by Gasteiger charge is -2.23. The molecule has 1 aromatic heterocycles. The highest BCUT2D eigenvalue weighted by Crippen LogP contribution is 2.27. The Morgan fingerprint density at radius 3 is 2.21 bits per heavy atom. The molecular weight excluding hydrogens is 494 g/mol. The number of benzene rings is 2. The quantitative estimate of drug-likeness (QED) is 0.309. The van der Waals surface area contributed by atoms with Gasteiger partial charge >= 0.3 is 6.03 Å². The van der Waals surface area contributed by atoms with E-state index in [1.165, 1.54) is 4.90 Å². The van der Waals surface area contributed by atoms with Crippen molar-refractivity contribution in [3.8, 4) is 17.2 Å². The number of anilines is 2. The van der Waals surface area contributed by atoms with Crippen molar-refractivity contribution in [1.29, 1.82) is 0 Å². The minimum absolute atomic E-state index is 0.103. The number of carbonyl (C=O) groups is 2. The van der Waals surface area contributed by atoms with Gasteiger partial charge in [0.2, 0.25) is 5.91 Å². The molecule has 0 radical (unpaired) electrons. The normalized spacial score (nSPS) is 11.3. The molecule has 1 heterocycles. The number of hydrogen-bond donors (Lipinski definition) is 2. The van der Waals surface area contributed by atoms with Crippen LogP contribution in [0.1, 0.15) is 53.7 Å². The Morgan fingerprint density at radius 2 is 1.64 bits per heavy atom. The van der Waals surface area contributed by atoms with Gasteiger partial charge in [0.1, 0.15) is 23.9 Å². The number of methoxy groups -OCH3 is 1. The van der Waals surface area contributed by atoms with Crippen molar-refractivity contribution in [2.24, 2.45) is 5.92 Å². The number of hydrogen-bond acceptors (Lipinski definition) is 5. The van der Waals surface area contributed by atoms with E-state index >= 15 is 0 Å². The number of nitrogens with one attached hydrogen (secondary N) is 2. The molecule has 0 atom stereocenters. The van der Waals surface area contributed by atoms with E-state index in [1.54, 1.807) is 36.1 Å². The summed E-state index contributed by atoms with van der Waals surface area (Å²) in [5.74, 6) is 2.06. The highest BCUT2D eigenvalue weighted by atomic mass is 16.5. The second kappa shape index (κ2) is 13.2. The number of urea groups is 1. The maximum Gasteiger partial charge on any atom is 0.322 e. The van der Waals surface area contributed by atoms with E-state index in [1.807, 2.05) is 37.3 Å². The zero-order valence-electron chi connectivity index (χ0n) is 24.1. The van der Waals surface area contributed by atoms with Gasteiger partial charge in [-0.1, -0.05) is 34.6 Å². The van der Waals surface area contributed by atoms with Crippen molar-refractivity contribution in [1.82, 2.24) is 14.7 Å². The molecule has 210 valence electrons. The van der Waals surface area contributed by atoms with Gasteiger partial charge in [-0.25, -0.2) is 9.48 Å². The molecule has 39 heavy (non-hydrogen) atoms. The van der Waals surface area contributed by atoms with Crippen molar-refractivity contribution < 1.29 is 19.1 Å². The SMILES string of the molecule is CCOc1ccc(NC(=O)N(CCC(C)C)CC(=O)Nc2cc(C(C)(C)C)nn2-c2ccc(OC)cc2)cc1. The molecule has 0 aliphatic carbocycles. The number of carbonyl (C=O) groups excluding carboxylic acids is 2. The predicted molar refractivity (Wildman–Crippen MR) is 155 cm³/mol. The summed E-state index contributed by atoms with van der Waals surface area (Å²) in [4.78, 5) is 28.0. The first kappa shape index (κ1) is 29.5. The Labute approximate surface area is 231 Å². The zero-order valence-corrected chi connectivity index (χ0v) is 24.1. The summed E-state index contributed by atoms with van der Waals surface area (Å²) in [5, 5.41) is 10.6. The van der Waals surface area contributed by atoms with Crippen molar-refractivity contribution in [3.05, 3.63) is 60.3 Å². The fourth-order valence-electron chi connectivity index (χ4n) is 3.78. The van der Waals surface area contributed by atoms with Crippen LogP contribution in [0, 0.1) is 5.92 Å². The molecular formula is C30H41N5O4. The number of aromatic nitrogens is 2. The van der Waals surface area contributed by atoms with Crippen molar-refractivity contribution in [2.45, 2.75) is 53.4 Å². The number of ether oxygens (including phenoxy) is 2. The van der Waals surface area contributed by atoms with Crippen molar-refractivity contribution >= 4 is 23.4 Å². The molecule has 0 spiro atoms. The minimum Gasteiger partial charge on any atom is -0.497 e. The van der Waals surface area contributed by atoms with Crippen LogP contribution in [0.3, 0.4) is 0 Å². The van der Waals surface area contributed by atoms with E-state index < -0.39 is 0 Å². The van der Waals surface area contributed by atoms with Gasteiger partial charge in [0, 0.05) is 23.7 Å². The van der Waals surface area contributed by atoms with Crippen molar-refractivity contribution in [2.75, 3.05) is 37.4 Å². The molecule has 0 aliphatic rings. The van der Waals surface area contributed by atoms with Gasteiger partial charge < -0.3 is 25.0 Å². The summed E-state index contributed by atoms with van der Waals surface area (Å²) in [5.41, 5.74) is 2.02. The van der Waals surface area contributed by atoms with Crippen LogP contribution in [0.15, 0.2) is 54.6 Å². The van der Waals surface area contributed by atoms with Crippen LogP contribution in [-0.2, 0) is 10.2 Å². The Bertz CT molecular complexity index is 1230. The van der Waals surface area contributed by atoms with Crippen LogP contribution >= 0.6 is 0 Å². The van der Waals surface area contributed by atoms with E-state index in [4.69, 9.17) is 14.6 Å². The maximum absolute atomic E-state index is 13.3. The topological polar surface area (TPSA) is 97.7 Å². The number of rotatable bonds is 11. The third kappa shape index (κ3) is 8.49. The summed E-state index contributed by atoms with van der Waals surface area (Å²) in [6.07, 6.45) is 0.766. The monoisotopic (exact) mass is 535 g/mol. The lowest BCUT2D eigenvalue weighted by Crippen LogP contribution is -2.41. The summed E-state index contributed by atoms with van der Waals surface area (Å²) in [7, 11) is 1.61. The second-order valence-corrected chi connectivity index (χ2v) is 10.8. The molecule has 3 rings (SSSR count). The first-order valence-electron chi connectivity index (χ1n) is 13.3. The first-order valence-corrected chi connectivity index (χ1v) is 13.3. The number of nitrogens with zero attached hydrogens (tertiary/aromatic N) is 3. The van der Waals surface area contributed by atoms with Gasteiger partial charge in [0.15, 0.2) is 0 Å². The molecule has 2 N–H and O–H groups in total. The van der Waals surface area contributed by atoms with Gasteiger partial charge in [-0.3, -0.25) is 4.79 Å². The van der Waals surface area contributed by atoms with Crippen LogP contribution in [-0.4, -0.2) is 53.4 Å². The fraction of sp³-hybridized carbons (Fsp3) is 0.433. The van der Waals surface area contributed by atoms with Gasteiger partial charge in [0.25, 0.3) is 0 Å². The third-order valence-corrected chi connectivity index (χ3v) is 6.08. The van der Waals surface area contributed by atoms with Crippen LogP contribution in [0.2, 0.25) is 0 Å². The van der Waals surface area contributed by atoms with Crippen molar-refractivity contribution in [3.63, 3.8) is 0 Å². The molecule has 2 aromatic carbocycles. The Kier molecular flexibility index (Phi) is 9.98. The molecule has 3 amide bonds. The van der Waals surface area contributed by atoms with Crippen LogP contribution < -0.4 is 20.1 Å². The summed E-state index contributed by atoms with van der Waals surface area (Å²) in [6, 6.07) is 16.2. The average Bonchev–Trinajstić information content (AvgIpc) is 3.32. The summed E-state index contributed by atoms with van der Waals surface area (Å²) < 4.78 is 12.5. The van der Waals surface area contributed by atoms with E-state index in [-0.39, 0.29) is 23.9 Å². The molecule has 9 nitrogen and oxygen atoms in total. The highest BCUT2D eigenvalue weighted by Gasteiger charge is 2.23. The molecule has 9 heteroatoms. The Hall–Kier alpha value is -4.01. The van der Waals surface area contributed by atoms with E-state index in [9.17, 15) is 9.59 Å². The molecule has 0 unspecified atom stereocenters. The van der Waals surface area contributed by atoms with Gasteiger partial charge in [0.05, 0.1) is 25.1 Å². The van der Waals surface area contributed by atoms with Gasteiger partial charge in [-0.05, 0) is 67.8 Å². The molecule has 0 aliphatic heterocycles. The second-order valence-electron chi connectivity index (χ2n) is 10.8. The third-order valence-electron chi connectivity index (χ3n) is 6.08. The molecule has 0 saturated heterocycles. The fourth-order valence-corrected chi connectivity index (χ4v) is 3.78. The van der Waals surface area contributed by atoms with Gasteiger partial charge in [-0.2, -0.15) is 5.10 Å². The lowest BCUT2D eigenvalue weighted by molar-refractivity contribution is -0.116.